The quantitative estimate of drug-likeness (QED) is 0.774. The van der Waals surface area contributed by atoms with Gasteiger partial charge in [0.15, 0.2) is 0 Å². The van der Waals surface area contributed by atoms with Gasteiger partial charge in [0.1, 0.15) is 0 Å². The van der Waals surface area contributed by atoms with Crippen molar-refractivity contribution in [2.24, 2.45) is 0 Å². The molecule has 19 heavy (non-hydrogen) atoms. The molecule has 1 saturated heterocycles. The van der Waals surface area contributed by atoms with Crippen LogP contribution in [-0.4, -0.2) is 43.1 Å². The summed E-state index contributed by atoms with van der Waals surface area (Å²) in [5.74, 6) is 0. The van der Waals surface area contributed by atoms with E-state index >= 15 is 0 Å². The molecule has 2 rings (SSSR count). The van der Waals surface area contributed by atoms with Gasteiger partial charge in [-0.3, -0.25) is 4.98 Å². The highest BCUT2D eigenvalue weighted by atomic mass is 15.2. The highest BCUT2D eigenvalue weighted by molar-refractivity contribution is 5.53. The Morgan fingerprint density at radius 1 is 0.947 bits per heavy atom. The van der Waals surface area contributed by atoms with E-state index in [-0.39, 0.29) is 0 Å². The number of pyridine rings is 1. The van der Waals surface area contributed by atoms with Gasteiger partial charge in [0.05, 0.1) is 0 Å². The van der Waals surface area contributed by atoms with E-state index in [0.29, 0.717) is 0 Å². The molecule has 3 heteroatoms. The fourth-order valence-corrected chi connectivity index (χ4v) is 2.00. The Labute approximate surface area is 119 Å². The average Bonchev–Trinajstić information content (AvgIpc) is 2.47. The number of piperazine rings is 1. The maximum absolute atomic E-state index is 4.31. The molecule has 0 radical (unpaired) electrons. The summed E-state index contributed by atoms with van der Waals surface area (Å²) in [6, 6.07) is 2.20. The molecule has 0 unspecified atom stereocenters. The van der Waals surface area contributed by atoms with E-state index in [1.807, 2.05) is 33.9 Å². The zero-order chi connectivity index (χ0) is 14.8. The SMILES string of the molecule is CC.CC.Cc1cc(N2CCN(C)CC2)c(C)cn1. The van der Waals surface area contributed by atoms with Crippen LogP contribution in [0.4, 0.5) is 5.69 Å². The summed E-state index contributed by atoms with van der Waals surface area (Å²) >= 11 is 0. The second kappa shape index (κ2) is 9.79. The molecule has 0 aliphatic carbocycles. The summed E-state index contributed by atoms with van der Waals surface area (Å²) in [5, 5.41) is 0. The van der Waals surface area contributed by atoms with E-state index in [0.717, 1.165) is 31.9 Å². The molecule has 0 spiro atoms. The minimum absolute atomic E-state index is 1.11. The minimum Gasteiger partial charge on any atom is -0.369 e. The molecule has 0 amide bonds. The van der Waals surface area contributed by atoms with Crippen LogP contribution >= 0.6 is 0 Å². The van der Waals surface area contributed by atoms with Crippen LogP contribution in [0, 0.1) is 13.8 Å². The fourth-order valence-electron chi connectivity index (χ4n) is 2.00. The Balaban J connectivity index is 0.000000741. The van der Waals surface area contributed by atoms with Crippen molar-refractivity contribution in [1.82, 2.24) is 9.88 Å². The van der Waals surface area contributed by atoms with Crippen molar-refractivity contribution in [2.45, 2.75) is 41.5 Å². The Hall–Kier alpha value is -1.09. The molecule has 1 fully saturated rings. The van der Waals surface area contributed by atoms with E-state index in [9.17, 15) is 0 Å². The predicted molar refractivity (Wildman–Crippen MR) is 86.1 cm³/mol. The fraction of sp³-hybridized carbons (Fsp3) is 0.688. The van der Waals surface area contributed by atoms with E-state index in [4.69, 9.17) is 0 Å². The van der Waals surface area contributed by atoms with Gasteiger partial charge in [-0.2, -0.15) is 0 Å². The Kier molecular flexibility index (Phi) is 9.23. The molecule has 1 aromatic rings. The lowest BCUT2D eigenvalue weighted by Gasteiger charge is -2.34. The van der Waals surface area contributed by atoms with Crippen LogP contribution in [0.3, 0.4) is 0 Å². The first kappa shape index (κ1) is 17.9. The molecule has 1 aliphatic rings. The average molecular weight is 265 g/mol. The van der Waals surface area contributed by atoms with Crippen molar-refractivity contribution in [3.05, 3.63) is 23.5 Å². The van der Waals surface area contributed by atoms with Crippen molar-refractivity contribution >= 4 is 5.69 Å². The van der Waals surface area contributed by atoms with Gasteiger partial charge in [0.2, 0.25) is 0 Å². The normalized spacial score (nSPS) is 15.0. The maximum Gasteiger partial charge on any atom is 0.0430 e. The van der Waals surface area contributed by atoms with Crippen LogP contribution in [-0.2, 0) is 0 Å². The predicted octanol–water partition coefficient (Wildman–Crippen LogP) is 3.50. The number of rotatable bonds is 1. The zero-order valence-corrected chi connectivity index (χ0v) is 13.8. The van der Waals surface area contributed by atoms with Gasteiger partial charge in [0.25, 0.3) is 0 Å². The van der Waals surface area contributed by atoms with Crippen LogP contribution in [0.25, 0.3) is 0 Å². The lowest BCUT2D eigenvalue weighted by Crippen LogP contribution is -2.44. The first-order valence-corrected chi connectivity index (χ1v) is 7.53. The van der Waals surface area contributed by atoms with Crippen LogP contribution in [0.5, 0.6) is 0 Å². The lowest BCUT2D eigenvalue weighted by atomic mass is 10.2. The summed E-state index contributed by atoms with van der Waals surface area (Å²) in [5.41, 5.74) is 3.75. The second-order valence-electron chi connectivity index (χ2n) is 4.40. The molecule has 0 aromatic carbocycles. The minimum atomic E-state index is 1.11. The lowest BCUT2D eigenvalue weighted by molar-refractivity contribution is 0.312. The van der Waals surface area contributed by atoms with Crippen molar-refractivity contribution in [3.8, 4) is 0 Å². The van der Waals surface area contributed by atoms with Crippen LogP contribution in [0.2, 0.25) is 0 Å². The number of aryl methyl sites for hydroxylation is 2. The van der Waals surface area contributed by atoms with Gasteiger partial charge in [-0.1, -0.05) is 27.7 Å². The first-order valence-electron chi connectivity index (χ1n) is 7.53. The summed E-state index contributed by atoms with van der Waals surface area (Å²) < 4.78 is 0. The van der Waals surface area contributed by atoms with Gasteiger partial charge < -0.3 is 9.80 Å². The van der Waals surface area contributed by atoms with Crippen LogP contribution < -0.4 is 4.90 Å². The smallest absolute Gasteiger partial charge is 0.0430 e. The van der Waals surface area contributed by atoms with Crippen LogP contribution in [0.15, 0.2) is 12.3 Å². The third kappa shape index (κ3) is 5.60. The summed E-state index contributed by atoms with van der Waals surface area (Å²) in [6.45, 7) is 16.8. The van der Waals surface area contributed by atoms with E-state index in [1.54, 1.807) is 0 Å². The summed E-state index contributed by atoms with van der Waals surface area (Å²) in [6.07, 6.45) is 1.98. The van der Waals surface area contributed by atoms with Gasteiger partial charge in [-0.05, 0) is 32.5 Å². The molecule has 0 bridgehead atoms. The maximum atomic E-state index is 4.31. The molecule has 1 aromatic heterocycles. The highest BCUT2D eigenvalue weighted by Crippen LogP contribution is 2.20. The monoisotopic (exact) mass is 265 g/mol. The first-order chi connectivity index (χ1) is 9.16. The summed E-state index contributed by atoms with van der Waals surface area (Å²) in [7, 11) is 2.18. The Morgan fingerprint density at radius 3 is 2.00 bits per heavy atom. The molecule has 110 valence electrons. The van der Waals surface area contributed by atoms with Crippen molar-refractivity contribution in [1.29, 1.82) is 0 Å². The highest BCUT2D eigenvalue weighted by Gasteiger charge is 2.15. The molecule has 3 nitrogen and oxygen atoms in total. The standard InChI is InChI=1S/C12H19N3.2C2H6/c1-10-9-13-11(2)8-12(10)15-6-4-14(3)5-7-15;2*1-2/h8-9H,4-7H2,1-3H3;2*1-2H3. The molecular weight excluding hydrogens is 234 g/mol. The Bertz CT molecular complexity index is 342. The number of hydrogen-bond donors (Lipinski definition) is 0. The van der Waals surface area contributed by atoms with E-state index in [2.05, 4.69) is 41.7 Å². The Morgan fingerprint density at radius 2 is 1.47 bits per heavy atom. The number of aromatic nitrogens is 1. The molecule has 2 heterocycles. The molecule has 1 aliphatic heterocycles. The van der Waals surface area contributed by atoms with Crippen LogP contribution in [0.1, 0.15) is 39.0 Å². The second-order valence-corrected chi connectivity index (χ2v) is 4.40. The van der Waals surface area contributed by atoms with Gasteiger partial charge in [0, 0.05) is 43.8 Å². The van der Waals surface area contributed by atoms with Crippen molar-refractivity contribution in [3.63, 3.8) is 0 Å². The van der Waals surface area contributed by atoms with E-state index < -0.39 is 0 Å². The van der Waals surface area contributed by atoms with Gasteiger partial charge >= 0.3 is 0 Å². The number of anilines is 1. The zero-order valence-electron chi connectivity index (χ0n) is 13.8. The van der Waals surface area contributed by atoms with Gasteiger partial charge in [-0.15, -0.1) is 0 Å². The topological polar surface area (TPSA) is 19.4 Å². The number of hydrogen-bond acceptors (Lipinski definition) is 3. The third-order valence-electron chi connectivity index (χ3n) is 3.06. The largest absolute Gasteiger partial charge is 0.369 e. The van der Waals surface area contributed by atoms with E-state index in [1.165, 1.54) is 11.3 Å². The summed E-state index contributed by atoms with van der Waals surface area (Å²) in [4.78, 5) is 9.15. The third-order valence-corrected chi connectivity index (χ3v) is 3.06. The molecular formula is C16H31N3. The molecule has 0 atom stereocenters. The number of nitrogens with zero attached hydrogens (tertiary/aromatic N) is 3. The molecule has 0 N–H and O–H groups in total. The molecule has 0 saturated carbocycles. The van der Waals surface area contributed by atoms with Crippen molar-refractivity contribution in [2.75, 3.05) is 38.1 Å². The van der Waals surface area contributed by atoms with Crippen molar-refractivity contribution < 1.29 is 0 Å². The van der Waals surface area contributed by atoms with Gasteiger partial charge in [-0.25, -0.2) is 0 Å². The number of likely N-dealkylation sites (N-methyl/N-ethyl adjacent to an activating group) is 1.